The van der Waals surface area contributed by atoms with Gasteiger partial charge in [0.25, 0.3) is 0 Å². The zero-order valence-corrected chi connectivity index (χ0v) is 12.6. The van der Waals surface area contributed by atoms with Crippen molar-refractivity contribution in [3.8, 4) is 22.7 Å². The largest absolute Gasteiger partial charge is 0.463 e. The summed E-state index contributed by atoms with van der Waals surface area (Å²) in [6, 6.07) is 26.6. The van der Waals surface area contributed by atoms with Crippen LogP contribution in [-0.2, 0) is 6.54 Å². The zero-order chi connectivity index (χ0) is 15.5. The molecule has 2 aromatic carbocycles. The Morgan fingerprint density at radius 2 is 1.57 bits per heavy atom. The third-order valence-electron chi connectivity index (χ3n) is 3.80. The van der Waals surface area contributed by atoms with Crippen LogP contribution in [0.25, 0.3) is 22.7 Å². The van der Waals surface area contributed by atoms with E-state index in [9.17, 15) is 0 Å². The number of aromatic nitrogens is 2. The Kier molecular flexibility index (Phi) is 3.53. The molecule has 3 nitrogen and oxygen atoms in total. The van der Waals surface area contributed by atoms with Crippen LogP contribution in [0, 0.1) is 0 Å². The molecule has 2 heterocycles. The van der Waals surface area contributed by atoms with Gasteiger partial charge in [0, 0.05) is 0 Å². The Morgan fingerprint density at radius 3 is 2.26 bits per heavy atom. The van der Waals surface area contributed by atoms with Crippen LogP contribution in [0.15, 0.2) is 89.5 Å². The molecular weight excluding hydrogens is 284 g/mol. The number of furan rings is 1. The van der Waals surface area contributed by atoms with Gasteiger partial charge < -0.3 is 4.42 Å². The molecule has 4 aromatic rings. The predicted octanol–water partition coefficient (Wildman–Crippen LogP) is 4.86. The molecule has 3 heteroatoms. The van der Waals surface area contributed by atoms with E-state index >= 15 is 0 Å². The molecular formula is C20H16N2O. The molecule has 2 aromatic heterocycles. The van der Waals surface area contributed by atoms with Crippen LogP contribution >= 0.6 is 0 Å². The van der Waals surface area contributed by atoms with Crippen molar-refractivity contribution in [2.45, 2.75) is 6.54 Å². The molecule has 0 aliphatic carbocycles. The molecule has 0 radical (unpaired) electrons. The maximum atomic E-state index is 5.50. The van der Waals surface area contributed by atoms with Gasteiger partial charge in [-0.3, -0.25) is 4.68 Å². The van der Waals surface area contributed by atoms with Crippen molar-refractivity contribution < 1.29 is 4.42 Å². The minimum atomic E-state index is 0.728. The quantitative estimate of drug-likeness (QED) is 0.539. The Morgan fingerprint density at radius 1 is 0.826 bits per heavy atom. The van der Waals surface area contributed by atoms with Crippen molar-refractivity contribution >= 4 is 0 Å². The van der Waals surface area contributed by atoms with Crippen LogP contribution in [0.4, 0.5) is 0 Å². The molecule has 0 saturated carbocycles. The lowest BCUT2D eigenvalue weighted by molar-refractivity contribution is 0.576. The molecule has 0 fully saturated rings. The van der Waals surface area contributed by atoms with E-state index in [1.807, 2.05) is 41.1 Å². The summed E-state index contributed by atoms with van der Waals surface area (Å²) in [4.78, 5) is 0. The van der Waals surface area contributed by atoms with E-state index in [-0.39, 0.29) is 0 Å². The molecule has 0 N–H and O–H groups in total. The molecule has 0 bridgehead atoms. The predicted molar refractivity (Wildman–Crippen MR) is 90.9 cm³/mol. The van der Waals surface area contributed by atoms with Gasteiger partial charge in [-0.2, -0.15) is 5.10 Å². The molecule has 0 spiro atoms. The van der Waals surface area contributed by atoms with Gasteiger partial charge >= 0.3 is 0 Å². The van der Waals surface area contributed by atoms with E-state index in [0.29, 0.717) is 0 Å². The van der Waals surface area contributed by atoms with Crippen LogP contribution in [-0.4, -0.2) is 9.78 Å². The first-order valence-electron chi connectivity index (χ1n) is 7.61. The minimum absolute atomic E-state index is 0.728. The normalized spacial score (nSPS) is 10.8. The highest BCUT2D eigenvalue weighted by atomic mass is 16.3. The fraction of sp³-hybridized carbons (Fsp3) is 0.0500. The molecule has 23 heavy (non-hydrogen) atoms. The first kappa shape index (κ1) is 13.6. The lowest BCUT2D eigenvalue weighted by Gasteiger charge is -2.07. The number of nitrogens with zero attached hydrogens (tertiary/aromatic N) is 2. The van der Waals surface area contributed by atoms with Crippen molar-refractivity contribution in [1.29, 1.82) is 0 Å². The fourth-order valence-corrected chi connectivity index (χ4v) is 2.68. The third kappa shape index (κ3) is 2.81. The molecule has 112 valence electrons. The van der Waals surface area contributed by atoms with Crippen LogP contribution < -0.4 is 0 Å². The van der Waals surface area contributed by atoms with Crippen LogP contribution in [0.5, 0.6) is 0 Å². The highest BCUT2D eigenvalue weighted by molar-refractivity contribution is 5.66. The highest BCUT2D eigenvalue weighted by Crippen LogP contribution is 2.27. The highest BCUT2D eigenvalue weighted by Gasteiger charge is 2.13. The molecule has 0 atom stereocenters. The smallest absolute Gasteiger partial charge is 0.154 e. The Bertz CT molecular complexity index is 878. The van der Waals surface area contributed by atoms with Crippen molar-refractivity contribution in [3.63, 3.8) is 0 Å². The van der Waals surface area contributed by atoms with Gasteiger partial charge in [-0.1, -0.05) is 60.7 Å². The summed E-state index contributed by atoms with van der Waals surface area (Å²) in [7, 11) is 0. The SMILES string of the molecule is c1ccc(Cn2nc(-c3ccco3)cc2-c2ccccc2)cc1. The first-order valence-corrected chi connectivity index (χ1v) is 7.61. The molecule has 0 unspecified atom stereocenters. The maximum absolute atomic E-state index is 5.50. The molecule has 0 aliphatic rings. The van der Waals surface area contributed by atoms with Crippen molar-refractivity contribution in [3.05, 3.63) is 90.7 Å². The lowest BCUT2D eigenvalue weighted by atomic mass is 10.1. The van der Waals surface area contributed by atoms with Crippen molar-refractivity contribution in [1.82, 2.24) is 9.78 Å². The summed E-state index contributed by atoms with van der Waals surface area (Å²) >= 11 is 0. The van der Waals surface area contributed by atoms with E-state index < -0.39 is 0 Å². The van der Waals surface area contributed by atoms with E-state index in [2.05, 4.69) is 42.5 Å². The summed E-state index contributed by atoms with van der Waals surface area (Å²) < 4.78 is 7.53. The Hall–Kier alpha value is -3.07. The van der Waals surface area contributed by atoms with Crippen molar-refractivity contribution in [2.75, 3.05) is 0 Å². The second kappa shape index (κ2) is 5.97. The van der Waals surface area contributed by atoms with Crippen LogP contribution in [0.2, 0.25) is 0 Å². The number of rotatable bonds is 4. The third-order valence-corrected chi connectivity index (χ3v) is 3.80. The summed E-state index contributed by atoms with van der Waals surface area (Å²) in [5.74, 6) is 0.786. The Labute approximate surface area is 134 Å². The monoisotopic (exact) mass is 300 g/mol. The van der Waals surface area contributed by atoms with Gasteiger partial charge in [-0.15, -0.1) is 0 Å². The van der Waals surface area contributed by atoms with Gasteiger partial charge in [-0.05, 0) is 29.3 Å². The summed E-state index contributed by atoms with van der Waals surface area (Å²) in [5, 5.41) is 4.75. The van der Waals surface area contributed by atoms with Gasteiger partial charge in [-0.25, -0.2) is 0 Å². The van der Waals surface area contributed by atoms with Crippen LogP contribution in [0.3, 0.4) is 0 Å². The average molecular weight is 300 g/mol. The summed E-state index contributed by atoms with van der Waals surface area (Å²) in [5.41, 5.74) is 4.30. The van der Waals surface area contributed by atoms with Crippen LogP contribution in [0.1, 0.15) is 5.56 Å². The lowest BCUT2D eigenvalue weighted by Crippen LogP contribution is -2.03. The number of benzene rings is 2. The minimum Gasteiger partial charge on any atom is -0.463 e. The average Bonchev–Trinajstić information content (AvgIpc) is 3.26. The second-order valence-electron chi connectivity index (χ2n) is 5.40. The number of hydrogen-bond acceptors (Lipinski definition) is 2. The maximum Gasteiger partial charge on any atom is 0.154 e. The van der Waals surface area contributed by atoms with Crippen molar-refractivity contribution in [2.24, 2.45) is 0 Å². The van der Waals surface area contributed by atoms with Gasteiger partial charge in [0.15, 0.2) is 5.76 Å². The van der Waals surface area contributed by atoms with E-state index in [4.69, 9.17) is 9.52 Å². The first-order chi connectivity index (χ1) is 11.4. The van der Waals surface area contributed by atoms with Gasteiger partial charge in [0.1, 0.15) is 5.69 Å². The molecule has 0 amide bonds. The summed E-state index contributed by atoms with van der Waals surface area (Å²) in [6.45, 7) is 0.728. The summed E-state index contributed by atoms with van der Waals surface area (Å²) in [6.07, 6.45) is 1.67. The zero-order valence-electron chi connectivity index (χ0n) is 12.6. The van der Waals surface area contributed by atoms with Gasteiger partial charge in [0.2, 0.25) is 0 Å². The topological polar surface area (TPSA) is 31.0 Å². The van der Waals surface area contributed by atoms with E-state index in [0.717, 1.165) is 29.3 Å². The molecule has 4 rings (SSSR count). The second-order valence-corrected chi connectivity index (χ2v) is 5.40. The Balaban J connectivity index is 1.79. The molecule has 0 saturated heterocycles. The van der Waals surface area contributed by atoms with Gasteiger partial charge in [0.05, 0.1) is 18.5 Å². The number of hydrogen-bond donors (Lipinski definition) is 0. The van der Waals surface area contributed by atoms with E-state index in [1.54, 1.807) is 6.26 Å². The fourth-order valence-electron chi connectivity index (χ4n) is 2.68. The molecule has 0 aliphatic heterocycles. The standard InChI is InChI=1S/C20H16N2O/c1-3-8-16(9-4-1)15-22-19(17-10-5-2-6-11-17)14-18(21-22)20-12-7-13-23-20/h1-14H,15H2. The van der Waals surface area contributed by atoms with E-state index in [1.165, 1.54) is 5.56 Å².